The molecule has 0 aliphatic carbocycles. The van der Waals surface area contributed by atoms with E-state index in [0.29, 0.717) is 0 Å². The maximum atomic E-state index is 4.45. The first-order valence-electron chi connectivity index (χ1n) is 14.2. The molecule has 0 saturated carbocycles. The second-order valence-corrected chi connectivity index (χ2v) is 10.3. The van der Waals surface area contributed by atoms with E-state index in [1.807, 2.05) is 48.8 Å². The Balaban J connectivity index is 0.000000150. The van der Waals surface area contributed by atoms with Crippen LogP contribution in [0.4, 0.5) is 0 Å². The topological polar surface area (TPSA) is 25.8 Å². The standard InChI is InChI=1S/2C20H14N.Zr/c2*1-2-7-15(8-3-1)18-10-6-9-16-13-17(14-19(16)18)20-11-4-5-12-21-20;/h2*1-14H;/q2*-1;+2. The van der Waals surface area contributed by atoms with Gasteiger partial charge < -0.3 is 0 Å². The summed E-state index contributed by atoms with van der Waals surface area (Å²) in [6.45, 7) is 0. The molecule has 0 unspecified atom stereocenters. The van der Waals surface area contributed by atoms with Gasteiger partial charge in [0.15, 0.2) is 0 Å². The first kappa shape index (κ1) is 28.4. The van der Waals surface area contributed by atoms with E-state index in [1.54, 1.807) is 0 Å². The predicted molar refractivity (Wildman–Crippen MR) is 176 cm³/mol. The van der Waals surface area contributed by atoms with Crippen molar-refractivity contribution in [3.63, 3.8) is 0 Å². The van der Waals surface area contributed by atoms with Crippen molar-refractivity contribution in [2.24, 2.45) is 0 Å². The fraction of sp³-hybridized carbons (Fsp3) is 0. The van der Waals surface area contributed by atoms with Gasteiger partial charge in [0.05, 0.1) is 0 Å². The van der Waals surface area contributed by atoms with Crippen LogP contribution in [0.3, 0.4) is 0 Å². The van der Waals surface area contributed by atoms with E-state index in [4.69, 9.17) is 0 Å². The van der Waals surface area contributed by atoms with E-state index < -0.39 is 0 Å². The zero-order chi connectivity index (χ0) is 28.1. The van der Waals surface area contributed by atoms with E-state index >= 15 is 0 Å². The van der Waals surface area contributed by atoms with Crippen molar-refractivity contribution in [2.45, 2.75) is 0 Å². The molecule has 0 bridgehead atoms. The monoisotopic (exact) mass is 626 g/mol. The summed E-state index contributed by atoms with van der Waals surface area (Å²) in [6.07, 6.45) is 3.68. The van der Waals surface area contributed by atoms with Crippen LogP contribution in [-0.2, 0) is 26.2 Å². The number of pyridine rings is 2. The molecule has 0 amide bonds. The minimum atomic E-state index is 0. The average Bonchev–Trinajstić information content (AvgIpc) is 3.72. The van der Waals surface area contributed by atoms with Crippen molar-refractivity contribution >= 4 is 21.5 Å². The van der Waals surface area contributed by atoms with Gasteiger partial charge in [-0.15, -0.1) is 69.1 Å². The maximum Gasteiger partial charge on any atom is 2.00 e. The van der Waals surface area contributed by atoms with E-state index in [-0.39, 0.29) is 26.2 Å². The molecular formula is C40H28N2Zr. The molecule has 0 radical (unpaired) electrons. The normalized spacial score (nSPS) is 10.6. The minimum Gasteiger partial charge on any atom is -0.295 e. The van der Waals surface area contributed by atoms with Crippen LogP contribution in [0.25, 0.3) is 66.3 Å². The molecule has 0 atom stereocenters. The molecule has 0 N–H and O–H groups in total. The zero-order valence-corrected chi connectivity index (χ0v) is 26.0. The van der Waals surface area contributed by atoms with Crippen molar-refractivity contribution in [2.75, 3.05) is 0 Å². The fourth-order valence-electron chi connectivity index (χ4n) is 5.57. The third-order valence-corrected chi connectivity index (χ3v) is 7.59. The van der Waals surface area contributed by atoms with Crippen molar-refractivity contribution in [1.29, 1.82) is 0 Å². The van der Waals surface area contributed by atoms with E-state index in [1.165, 1.54) is 54.9 Å². The van der Waals surface area contributed by atoms with Crippen LogP contribution in [0.5, 0.6) is 0 Å². The Hall–Kier alpha value is -4.72. The number of fused-ring (bicyclic) bond motifs is 2. The zero-order valence-electron chi connectivity index (χ0n) is 23.6. The summed E-state index contributed by atoms with van der Waals surface area (Å²) in [5.74, 6) is 0. The van der Waals surface area contributed by atoms with Gasteiger partial charge in [-0.3, -0.25) is 9.97 Å². The second-order valence-electron chi connectivity index (χ2n) is 10.3. The maximum absolute atomic E-state index is 4.45. The van der Waals surface area contributed by atoms with E-state index in [9.17, 15) is 0 Å². The molecule has 43 heavy (non-hydrogen) atoms. The van der Waals surface area contributed by atoms with Crippen LogP contribution >= 0.6 is 0 Å². The summed E-state index contributed by atoms with van der Waals surface area (Å²) in [5, 5.41) is 5.09. The van der Waals surface area contributed by atoms with E-state index in [0.717, 1.165) is 11.4 Å². The molecule has 0 fully saturated rings. The largest absolute Gasteiger partial charge is 2.00 e. The second kappa shape index (κ2) is 13.1. The Bertz CT molecular complexity index is 1910. The van der Waals surface area contributed by atoms with Gasteiger partial charge in [0, 0.05) is 23.8 Å². The quantitative estimate of drug-likeness (QED) is 0.181. The van der Waals surface area contributed by atoms with Crippen molar-refractivity contribution in [1.82, 2.24) is 9.97 Å². The molecule has 6 aromatic carbocycles. The first-order chi connectivity index (χ1) is 20.8. The molecule has 2 heterocycles. The Morgan fingerprint density at radius 1 is 0.395 bits per heavy atom. The molecule has 8 rings (SSSR count). The molecular weight excluding hydrogens is 600 g/mol. The molecule has 0 aliphatic heterocycles. The van der Waals surface area contributed by atoms with E-state index in [2.05, 4.69) is 131 Å². The van der Waals surface area contributed by atoms with Gasteiger partial charge in [-0.1, -0.05) is 120 Å². The number of hydrogen-bond acceptors (Lipinski definition) is 2. The van der Waals surface area contributed by atoms with Crippen LogP contribution in [-0.4, -0.2) is 9.97 Å². The van der Waals surface area contributed by atoms with Crippen LogP contribution in [0, 0.1) is 0 Å². The van der Waals surface area contributed by atoms with Gasteiger partial charge in [-0.25, -0.2) is 0 Å². The minimum absolute atomic E-state index is 0. The number of nitrogens with zero attached hydrogens (tertiary/aromatic N) is 2. The number of rotatable bonds is 4. The van der Waals surface area contributed by atoms with Gasteiger partial charge in [0.2, 0.25) is 0 Å². The summed E-state index contributed by atoms with van der Waals surface area (Å²) in [5.41, 5.74) is 9.44. The van der Waals surface area contributed by atoms with Crippen LogP contribution < -0.4 is 0 Å². The SMILES string of the molecule is [Zr+2].c1ccc(-c2cccc3[cH-]c(-c4ccccn4)cc23)cc1.c1ccc(-c2cccc3[cH-]c(-c4ccccn4)cc23)cc1. The van der Waals surface area contributed by atoms with Crippen LogP contribution in [0.15, 0.2) is 170 Å². The summed E-state index contributed by atoms with van der Waals surface area (Å²) < 4.78 is 0. The molecule has 2 aromatic heterocycles. The average molecular weight is 628 g/mol. The Morgan fingerprint density at radius 2 is 0.814 bits per heavy atom. The Kier molecular flexibility index (Phi) is 8.63. The summed E-state index contributed by atoms with van der Waals surface area (Å²) in [7, 11) is 0. The van der Waals surface area contributed by atoms with Gasteiger partial charge in [-0.05, 0) is 23.3 Å². The molecule has 0 aliphatic rings. The van der Waals surface area contributed by atoms with Crippen LogP contribution in [0.2, 0.25) is 0 Å². The summed E-state index contributed by atoms with van der Waals surface area (Å²) >= 11 is 0. The van der Waals surface area contributed by atoms with Gasteiger partial charge in [0.1, 0.15) is 0 Å². The summed E-state index contributed by atoms with van der Waals surface area (Å²) in [6, 6.07) is 54.9. The Morgan fingerprint density at radius 3 is 1.21 bits per heavy atom. The molecule has 3 heteroatoms. The van der Waals surface area contributed by atoms with Crippen molar-refractivity contribution in [3.8, 4) is 44.8 Å². The van der Waals surface area contributed by atoms with Crippen molar-refractivity contribution < 1.29 is 26.2 Å². The smallest absolute Gasteiger partial charge is 0.295 e. The third-order valence-electron chi connectivity index (χ3n) is 7.59. The molecule has 0 spiro atoms. The number of aromatic nitrogens is 2. The predicted octanol–water partition coefficient (Wildman–Crippen LogP) is 10.6. The molecule has 2 nitrogen and oxygen atoms in total. The van der Waals surface area contributed by atoms with Gasteiger partial charge in [-0.2, -0.15) is 0 Å². The molecule has 8 aromatic rings. The molecule has 0 saturated heterocycles. The fourth-order valence-corrected chi connectivity index (χ4v) is 5.57. The van der Waals surface area contributed by atoms with Crippen LogP contribution in [0.1, 0.15) is 0 Å². The van der Waals surface area contributed by atoms with Crippen molar-refractivity contribution in [3.05, 3.63) is 170 Å². The molecule has 202 valence electrons. The Labute approximate surface area is 271 Å². The number of hydrogen-bond donors (Lipinski definition) is 0. The van der Waals surface area contributed by atoms with Gasteiger partial charge in [0.25, 0.3) is 0 Å². The first-order valence-corrected chi connectivity index (χ1v) is 14.2. The van der Waals surface area contributed by atoms with Gasteiger partial charge >= 0.3 is 26.2 Å². The summed E-state index contributed by atoms with van der Waals surface area (Å²) in [4.78, 5) is 8.89. The third kappa shape index (κ3) is 6.09. The number of benzene rings is 4.